The molecule has 0 aliphatic carbocycles. The second-order valence-electron chi connectivity index (χ2n) is 3.27. The first-order valence-corrected chi connectivity index (χ1v) is 4.60. The fourth-order valence-corrected chi connectivity index (χ4v) is 1.57. The minimum absolute atomic E-state index is 0.0717. The van der Waals surface area contributed by atoms with E-state index in [1.807, 2.05) is 31.2 Å². The van der Waals surface area contributed by atoms with Crippen molar-refractivity contribution in [3.63, 3.8) is 0 Å². The maximum absolute atomic E-state index is 11.6. The van der Waals surface area contributed by atoms with Crippen LogP contribution in [0.25, 0.3) is 0 Å². The van der Waals surface area contributed by atoms with Crippen LogP contribution in [0.4, 0.5) is 0 Å². The Morgan fingerprint density at radius 3 is 3.00 bits per heavy atom. The third kappa shape index (κ3) is 1.44. The lowest BCUT2D eigenvalue weighted by atomic mass is 10.00. The number of ether oxygens (including phenoxy) is 1. The normalized spacial score (nSPS) is 20.7. The van der Waals surface area contributed by atoms with Crippen molar-refractivity contribution in [2.45, 2.75) is 25.9 Å². The zero-order valence-electron chi connectivity index (χ0n) is 7.62. The Kier molecular flexibility index (Phi) is 2.05. The molecule has 1 aliphatic heterocycles. The summed E-state index contributed by atoms with van der Waals surface area (Å²) in [5.74, 6) is 0.944. The molecule has 0 amide bonds. The highest BCUT2D eigenvalue weighted by Gasteiger charge is 2.24. The zero-order chi connectivity index (χ0) is 9.26. The molecule has 0 unspecified atom stereocenters. The summed E-state index contributed by atoms with van der Waals surface area (Å²) in [4.78, 5) is 11.6. The van der Waals surface area contributed by atoms with Crippen LogP contribution in [0.5, 0.6) is 5.75 Å². The van der Waals surface area contributed by atoms with Gasteiger partial charge in [-0.05, 0) is 18.6 Å². The third-order valence-corrected chi connectivity index (χ3v) is 2.35. The number of carbonyl (C=O) groups excluding carboxylic acids is 1. The second kappa shape index (κ2) is 3.21. The van der Waals surface area contributed by atoms with Crippen molar-refractivity contribution in [1.82, 2.24) is 0 Å². The van der Waals surface area contributed by atoms with Crippen LogP contribution in [-0.4, -0.2) is 11.9 Å². The summed E-state index contributed by atoms with van der Waals surface area (Å²) in [6.45, 7) is 2.03. The summed E-state index contributed by atoms with van der Waals surface area (Å²) in [5, 5.41) is 0. The van der Waals surface area contributed by atoms with Gasteiger partial charge in [0.25, 0.3) is 0 Å². The van der Waals surface area contributed by atoms with Crippen LogP contribution in [0.1, 0.15) is 30.1 Å². The van der Waals surface area contributed by atoms with Crippen LogP contribution < -0.4 is 4.74 Å². The van der Waals surface area contributed by atoms with Crippen molar-refractivity contribution in [1.29, 1.82) is 0 Å². The predicted octanol–water partition coefficient (Wildman–Crippen LogP) is 2.43. The van der Waals surface area contributed by atoms with Crippen LogP contribution >= 0.6 is 0 Å². The van der Waals surface area contributed by atoms with Crippen LogP contribution in [0.15, 0.2) is 24.3 Å². The lowest BCUT2D eigenvalue weighted by Crippen LogP contribution is -2.25. The quantitative estimate of drug-likeness (QED) is 0.656. The summed E-state index contributed by atoms with van der Waals surface area (Å²) in [5.41, 5.74) is 0.729. The van der Waals surface area contributed by atoms with Crippen molar-refractivity contribution in [3.8, 4) is 5.75 Å². The van der Waals surface area contributed by atoms with Gasteiger partial charge in [-0.25, -0.2) is 0 Å². The Labute approximate surface area is 77.5 Å². The average molecular weight is 176 g/mol. The Hall–Kier alpha value is -1.31. The van der Waals surface area contributed by atoms with Crippen LogP contribution in [0.2, 0.25) is 0 Å². The van der Waals surface area contributed by atoms with E-state index in [0.29, 0.717) is 6.42 Å². The molecule has 68 valence electrons. The smallest absolute Gasteiger partial charge is 0.170 e. The van der Waals surface area contributed by atoms with Crippen LogP contribution in [0.3, 0.4) is 0 Å². The summed E-state index contributed by atoms with van der Waals surface area (Å²) in [6.07, 6.45) is 1.48. The van der Waals surface area contributed by atoms with Gasteiger partial charge in [0.15, 0.2) is 5.78 Å². The van der Waals surface area contributed by atoms with E-state index < -0.39 is 0 Å². The molecule has 0 fully saturated rings. The Morgan fingerprint density at radius 1 is 1.46 bits per heavy atom. The number of fused-ring (bicyclic) bond motifs is 1. The summed E-state index contributed by atoms with van der Waals surface area (Å²) < 4.78 is 5.63. The number of hydrogen-bond acceptors (Lipinski definition) is 2. The highest BCUT2D eigenvalue weighted by Crippen LogP contribution is 2.27. The lowest BCUT2D eigenvalue weighted by Gasteiger charge is -2.23. The van der Waals surface area contributed by atoms with E-state index in [9.17, 15) is 4.79 Å². The summed E-state index contributed by atoms with van der Waals surface area (Å²) in [6, 6.07) is 7.44. The average Bonchev–Trinajstić information content (AvgIpc) is 2.18. The third-order valence-electron chi connectivity index (χ3n) is 2.35. The highest BCUT2D eigenvalue weighted by molar-refractivity contribution is 5.99. The monoisotopic (exact) mass is 176 g/mol. The minimum atomic E-state index is 0.0717. The van der Waals surface area contributed by atoms with E-state index in [0.717, 1.165) is 17.7 Å². The predicted molar refractivity (Wildman–Crippen MR) is 50.1 cm³/mol. The highest BCUT2D eigenvalue weighted by atomic mass is 16.5. The van der Waals surface area contributed by atoms with E-state index in [-0.39, 0.29) is 11.9 Å². The maximum Gasteiger partial charge on any atom is 0.170 e. The summed E-state index contributed by atoms with van der Waals surface area (Å²) in [7, 11) is 0. The van der Waals surface area contributed by atoms with E-state index in [2.05, 4.69) is 0 Å². The fourth-order valence-electron chi connectivity index (χ4n) is 1.57. The topological polar surface area (TPSA) is 26.3 Å². The molecular formula is C11H12O2. The van der Waals surface area contributed by atoms with Gasteiger partial charge in [0.2, 0.25) is 0 Å². The SMILES string of the molecule is CC[C@H]1CC(=O)c2ccccc2O1. The van der Waals surface area contributed by atoms with Gasteiger partial charge >= 0.3 is 0 Å². The number of hydrogen-bond donors (Lipinski definition) is 0. The van der Waals surface area contributed by atoms with Gasteiger partial charge < -0.3 is 4.74 Å². The molecule has 0 radical (unpaired) electrons. The molecule has 0 saturated carbocycles. The lowest BCUT2D eigenvalue weighted by molar-refractivity contribution is 0.0845. The van der Waals surface area contributed by atoms with Crippen LogP contribution in [0, 0.1) is 0 Å². The van der Waals surface area contributed by atoms with Crippen molar-refractivity contribution in [2.75, 3.05) is 0 Å². The maximum atomic E-state index is 11.6. The number of rotatable bonds is 1. The molecule has 1 aromatic carbocycles. The van der Waals surface area contributed by atoms with Gasteiger partial charge in [-0.1, -0.05) is 19.1 Å². The Morgan fingerprint density at radius 2 is 2.23 bits per heavy atom. The molecular weight excluding hydrogens is 164 g/mol. The molecule has 2 nitrogen and oxygen atoms in total. The molecule has 2 rings (SSSR count). The van der Waals surface area contributed by atoms with Crippen LogP contribution in [-0.2, 0) is 0 Å². The standard InChI is InChI=1S/C11H12O2/c1-2-8-7-10(12)9-5-3-4-6-11(9)13-8/h3-6,8H,2,7H2,1H3/t8-/m0/s1. The molecule has 0 bridgehead atoms. The molecule has 13 heavy (non-hydrogen) atoms. The van der Waals surface area contributed by atoms with E-state index >= 15 is 0 Å². The first-order valence-electron chi connectivity index (χ1n) is 4.60. The van der Waals surface area contributed by atoms with Gasteiger partial charge in [0.1, 0.15) is 11.9 Å². The molecule has 0 spiro atoms. The Balaban J connectivity index is 2.37. The molecule has 1 aliphatic rings. The van der Waals surface area contributed by atoms with Crippen molar-refractivity contribution < 1.29 is 9.53 Å². The van der Waals surface area contributed by atoms with Gasteiger partial charge in [-0.3, -0.25) is 4.79 Å². The first-order chi connectivity index (χ1) is 6.31. The van der Waals surface area contributed by atoms with Gasteiger partial charge in [0.05, 0.1) is 5.56 Å². The fraction of sp³-hybridized carbons (Fsp3) is 0.364. The Bertz CT molecular complexity index is 331. The van der Waals surface area contributed by atoms with Gasteiger partial charge in [-0.2, -0.15) is 0 Å². The number of para-hydroxylation sites is 1. The van der Waals surface area contributed by atoms with E-state index in [1.165, 1.54) is 0 Å². The largest absolute Gasteiger partial charge is 0.489 e. The zero-order valence-corrected chi connectivity index (χ0v) is 7.62. The second-order valence-corrected chi connectivity index (χ2v) is 3.27. The molecule has 1 atom stereocenters. The van der Waals surface area contributed by atoms with Gasteiger partial charge in [-0.15, -0.1) is 0 Å². The van der Waals surface area contributed by atoms with E-state index in [1.54, 1.807) is 0 Å². The molecule has 0 saturated heterocycles. The molecule has 0 N–H and O–H groups in total. The molecule has 2 heteroatoms. The number of ketones is 1. The molecule has 1 aromatic rings. The first kappa shape index (κ1) is 8.30. The number of benzene rings is 1. The van der Waals surface area contributed by atoms with Gasteiger partial charge in [0, 0.05) is 6.42 Å². The molecule has 0 aromatic heterocycles. The van der Waals surface area contributed by atoms with Crippen molar-refractivity contribution in [2.24, 2.45) is 0 Å². The molecule has 1 heterocycles. The minimum Gasteiger partial charge on any atom is -0.489 e. The summed E-state index contributed by atoms with van der Waals surface area (Å²) >= 11 is 0. The van der Waals surface area contributed by atoms with E-state index in [4.69, 9.17) is 4.74 Å². The number of Topliss-reactive ketones (excluding diaryl/α,β-unsaturated/α-hetero) is 1. The van der Waals surface area contributed by atoms with Crippen molar-refractivity contribution >= 4 is 5.78 Å². The number of carbonyl (C=O) groups is 1. The van der Waals surface area contributed by atoms with Crippen molar-refractivity contribution in [3.05, 3.63) is 29.8 Å².